The van der Waals surface area contributed by atoms with E-state index in [4.69, 9.17) is 9.47 Å². The van der Waals surface area contributed by atoms with Gasteiger partial charge in [-0.05, 0) is 24.1 Å². The molecular weight excluding hydrogens is 216 g/mol. The van der Waals surface area contributed by atoms with Crippen molar-refractivity contribution >= 4 is 5.97 Å². The van der Waals surface area contributed by atoms with Crippen molar-refractivity contribution < 1.29 is 14.3 Å². The van der Waals surface area contributed by atoms with E-state index < -0.39 is 0 Å². The maximum Gasteiger partial charge on any atom is 0.302 e. The molecule has 0 saturated heterocycles. The number of carbonyl (C=O) groups is 1. The van der Waals surface area contributed by atoms with Crippen LogP contribution in [0.1, 0.15) is 37.8 Å². The van der Waals surface area contributed by atoms with Crippen molar-refractivity contribution in [2.75, 3.05) is 6.61 Å². The molecule has 3 heteroatoms. The normalized spacial score (nSPS) is 16.9. The zero-order chi connectivity index (χ0) is 12.4. The van der Waals surface area contributed by atoms with Crippen LogP contribution >= 0.6 is 0 Å². The van der Waals surface area contributed by atoms with Crippen LogP contribution in [0.15, 0.2) is 18.2 Å². The number of fused-ring (bicyclic) bond motifs is 1. The molecule has 2 rings (SSSR count). The number of hydrogen-bond acceptors (Lipinski definition) is 3. The van der Waals surface area contributed by atoms with Crippen molar-refractivity contribution in [2.24, 2.45) is 0 Å². The molecule has 1 aliphatic rings. The first kappa shape index (κ1) is 12.0. The predicted molar refractivity (Wildman–Crippen MR) is 65.3 cm³/mol. The van der Waals surface area contributed by atoms with Crippen molar-refractivity contribution in [3.05, 3.63) is 29.3 Å². The van der Waals surface area contributed by atoms with E-state index in [1.54, 1.807) is 0 Å². The highest BCUT2D eigenvalue weighted by molar-refractivity contribution is 5.66. The lowest BCUT2D eigenvalue weighted by atomic mass is 9.94. The number of esters is 1. The zero-order valence-electron chi connectivity index (χ0n) is 10.5. The highest BCUT2D eigenvalue weighted by Crippen LogP contribution is 2.30. The second-order valence-corrected chi connectivity index (χ2v) is 4.57. The third-order valence-corrected chi connectivity index (χ3v) is 3.30. The SMILES string of the molecule is CC(=O)O[C@H](C)[C@@H](C)c1ccc2c(c1)CCO2. The van der Waals surface area contributed by atoms with Gasteiger partial charge < -0.3 is 9.47 Å². The van der Waals surface area contributed by atoms with E-state index in [9.17, 15) is 4.79 Å². The highest BCUT2D eigenvalue weighted by atomic mass is 16.5. The van der Waals surface area contributed by atoms with Gasteiger partial charge in [-0.3, -0.25) is 4.79 Å². The molecule has 0 fully saturated rings. The largest absolute Gasteiger partial charge is 0.493 e. The van der Waals surface area contributed by atoms with Gasteiger partial charge in [-0.2, -0.15) is 0 Å². The summed E-state index contributed by atoms with van der Waals surface area (Å²) < 4.78 is 10.7. The Hall–Kier alpha value is -1.51. The van der Waals surface area contributed by atoms with Crippen LogP contribution in [0.2, 0.25) is 0 Å². The quantitative estimate of drug-likeness (QED) is 0.754. The smallest absolute Gasteiger partial charge is 0.302 e. The van der Waals surface area contributed by atoms with Gasteiger partial charge in [0.1, 0.15) is 11.9 Å². The van der Waals surface area contributed by atoms with Crippen molar-refractivity contribution in [3.63, 3.8) is 0 Å². The van der Waals surface area contributed by atoms with Gasteiger partial charge in [-0.15, -0.1) is 0 Å². The molecule has 1 aromatic rings. The Kier molecular flexibility index (Phi) is 3.36. The monoisotopic (exact) mass is 234 g/mol. The Morgan fingerprint density at radius 3 is 2.88 bits per heavy atom. The molecule has 17 heavy (non-hydrogen) atoms. The van der Waals surface area contributed by atoms with Crippen LogP contribution < -0.4 is 4.74 Å². The van der Waals surface area contributed by atoms with Gasteiger partial charge in [0.15, 0.2) is 0 Å². The molecule has 0 bridgehead atoms. The molecule has 0 unspecified atom stereocenters. The van der Waals surface area contributed by atoms with E-state index in [-0.39, 0.29) is 18.0 Å². The Bertz CT molecular complexity index is 425. The number of hydrogen-bond donors (Lipinski definition) is 0. The van der Waals surface area contributed by atoms with Crippen molar-refractivity contribution in [3.8, 4) is 5.75 Å². The first-order valence-corrected chi connectivity index (χ1v) is 6.01. The van der Waals surface area contributed by atoms with Crippen LogP contribution in [-0.4, -0.2) is 18.7 Å². The Balaban J connectivity index is 2.14. The maximum absolute atomic E-state index is 10.9. The summed E-state index contributed by atoms with van der Waals surface area (Å²) in [6.45, 7) is 6.22. The lowest BCUT2D eigenvalue weighted by Crippen LogP contribution is -2.19. The van der Waals surface area contributed by atoms with E-state index >= 15 is 0 Å². The van der Waals surface area contributed by atoms with Crippen LogP contribution in [0.25, 0.3) is 0 Å². The van der Waals surface area contributed by atoms with Crippen molar-refractivity contribution in [2.45, 2.75) is 39.2 Å². The molecule has 0 saturated carbocycles. The molecule has 1 heterocycles. The second kappa shape index (κ2) is 4.78. The van der Waals surface area contributed by atoms with Crippen LogP contribution in [-0.2, 0) is 16.0 Å². The number of ether oxygens (including phenoxy) is 2. The number of rotatable bonds is 3. The minimum Gasteiger partial charge on any atom is -0.493 e. The Morgan fingerprint density at radius 1 is 1.41 bits per heavy atom. The van der Waals surface area contributed by atoms with Gasteiger partial charge in [0.2, 0.25) is 0 Å². The van der Waals surface area contributed by atoms with Gasteiger partial charge in [0.05, 0.1) is 6.61 Å². The molecule has 0 N–H and O–H groups in total. The Labute approximate surface area is 102 Å². The van der Waals surface area contributed by atoms with E-state index in [1.807, 2.05) is 13.0 Å². The summed E-state index contributed by atoms with van der Waals surface area (Å²) >= 11 is 0. The minimum atomic E-state index is -0.228. The molecule has 0 aromatic heterocycles. The highest BCUT2D eigenvalue weighted by Gasteiger charge is 2.19. The van der Waals surface area contributed by atoms with Gasteiger partial charge >= 0.3 is 5.97 Å². The lowest BCUT2D eigenvalue weighted by molar-refractivity contribution is -0.146. The number of benzene rings is 1. The average Bonchev–Trinajstić information content (AvgIpc) is 2.73. The summed E-state index contributed by atoms with van der Waals surface area (Å²) in [5, 5.41) is 0. The molecule has 92 valence electrons. The fourth-order valence-electron chi connectivity index (χ4n) is 2.12. The van der Waals surface area contributed by atoms with E-state index in [1.165, 1.54) is 18.1 Å². The molecule has 2 atom stereocenters. The van der Waals surface area contributed by atoms with E-state index in [0.29, 0.717) is 0 Å². The number of carbonyl (C=O) groups excluding carboxylic acids is 1. The third-order valence-electron chi connectivity index (χ3n) is 3.30. The fourth-order valence-corrected chi connectivity index (χ4v) is 2.12. The fraction of sp³-hybridized carbons (Fsp3) is 0.500. The first-order chi connectivity index (χ1) is 8.08. The van der Waals surface area contributed by atoms with E-state index in [2.05, 4.69) is 19.1 Å². The van der Waals surface area contributed by atoms with Crippen LogP contribution in [0.3, 0.4) is 0 Å². The molecule has 3 nitrogen and oxygen atoms in total. The van der Waals surface area contributed by atoms with E-state index in [0.717, 1.165) is 18.8 Å². The second-order valence-electron chi connectivity index (χ2n) is 4.57. The van der Waals surface area contributed by atoms with Crippen LogP contribution in [0.5, 0.6) is 5.75 Å². The molecule has 0 spiro atoms. The molecule has 1 aliphatic heterocycles. The van der Waals surface area contributed by atoms with Gasteiger partial charge in [0, 0.05) is 19.3 Å². The predicted octanol–water partition coefficient (Wildman–Crippen LogP) is 2.68. The summed E-state index contributed by atoms with van der Waals surface area (Å²) in [5.41, 5.74) is 2.45. The van der Waals surface area contributed by atoms with Gasteiger partial charge in [0.25, 0.3) is 0 Å². The first-order valence-electron chi connectivity index (χ1n) is 6.01. The molecular formula is C14H18O3. The average molecular weight is 234 g/mol. The third kappa shape index (κ3) is 2.60. The van der Waals surface area contributed by atoms with Crippen molar-refractivity contribution in [1.82, 2.24) is 0 Å². The maximum atomic E-state index is 10.9. The zero-order valence-corrected chi connectivity index (χ0v) is 10.5. The van der Waals surface area contributed by atoms with Gasteiger partial charge in [-0.1, -0.05) is 19.1 Å². The molecule has 0 radical (unpaired) electrons. The standard InChI is InChI=1S/C14H18O3/c1-9(10(2)17-11(3)15)12-4-5-14-13(8-12)6-7-16-14/h4-5,8-10H,6-7H2,1-3H3/t9-,10-/m1/s1. The van der Waals surface area contributed by atoms with Crippen molar-refractivity contribution in [1.29, 1.82) is 0 Å². The minimum absolute atomic E-state index is 0.104. The topological polar surface area (TPSA) is 35.5 Å². The summed E-state index contributed by atoms with van der Waals surface area (Å²) in [6.07, 6.45) is 0.866. The lowest BCUT2D eigenvalue weighted by Gasteiger charge is -2.20. The van der Waals surface area contributed by atoms with Crippen LogP contribution in [0, 0.1) is 0 Å². The Morgan fingerprint density at radius 2 is 2.18 bits per heavy atom. The van der Waals surface area contributed by atoms with Crippen LogP contribution in [0.4, 0.5) is 0 Å². The summed E-state index contributed by atoms with van der Waals surface area (Å²) in [4.78, 5) is 10.9. The summed E-state index contributed by atoms with van der Waals surface area (Å²) in [5.74, 6) is 0.958. The van der Waals surface area contributed by atoms with Gasteiger partial charge in [-0.25, -0.2) is 0 Å². The molecule has 1 aromatic carbocycles. The molecule has 0 aliphatic carbocycles. The summed E-state index contributed by atoms with van der Waals surface area (Å²) in [7, 11) is 0. The molecule has 0 amide bonds. The summed E-state index contributed by atoms with van der Waals surface area (Å²) in [6, 6.07) is 6.22.